The lowest BCUT2D eigenvalue weighted by Gasteiger charge is -2.12. The van der Waals surface area contributed by atoms with Crippen LogP contribution in [0.15, 0.2) is 60.7 Å². The molecule has 1 unspecified atom stereocenters. The average molecular weight is 370 g/mol. The molecule has 0 spiro atoms. The molecule has 0 radical (unpaired) electrons. The molecule has 27 heavy (non-hydrogen) atoms. The van der Waals surface area contributed by atoms with Crippen LogP contribution in [0.25, 0.3) is 0 Å². The van der Waals surface area contributed by atoms with Crippen molar-refractivity contribution in [3.05, 3.63) is 71.8 Å². The van der Waals surface area contributed by atoms with E-state index in [1.807, 2.05) is 60.7 Å². The van der Waals surface area contributed by atoms with E-state index in [-0.39, 0.29) is 13.2 Å². The molecule has 0 aliphatic heterocycles. The maximum atomic E-state index is 11.9. The summed E-state index contributed by atoms with van der Waals surface area (Å²) in [5.74, 6) is -0.408. The first kappa shape index (κ1) is 20.5. The van der Waals surface area contributed by atoms with Gasteiger partial charge in [0.2, 0.25) is 0 Å². The number of hydrogen-bond donors (Lipinski definition) is 2. The summed E-state index contributed by atoms with van der Waals surface area (Å²) in [6.45, 7) is 0.937. The summed E-state index contributed by atoms with van der Waals surface area (Å²) in [5, 5.41) is 2.68. The minimum atomic E-state index is -0.654. The van der Waals surface area contributed by atoms with Crippen molar-refractivity contribution >= 4 is 12.1 Å². The Kier molecular flexibility index (Phi) is 8.86. The number of alkyl carbamates (subject to hydrolysis) is 1. The van der Waals surface area contributed by atoms with Crippen molar-refractivity contribution in [2.45, 2.75) is 38.5 Å². The Balaban J connectivity index is 1.51. The molecule has 0 aliphatic rings. The van der Waals surface area contributed by atoms with Gasteiger partial charge in [-0.15, -0.1) is 0 Å². The van der Waals surface area contributed by atoms with Gasteiger partial charge in [0.15, 0.2) is 0 Å². The number of hydrogen-bond acceptors (Lipinski definition) is 5. The lowest BCUT2D eigenvalue weighted by molar-refractivity contribution is -0.146. The third-order valence-electron chi connectivity index (χ3n) is 3.95. The van der Waals surface area contributed by atoms with Gasteiger partial charge in [-0.3, -0.25) is 4.79 Å². The van der Waals surface area contributed by atoms with Crippen LogP contribution in [-0.2, 0) is 27.5 Å². The molecule has 0 bridgehead atoms. The fourth-order valence-corrected chi connectivity index (χ4v) is 2.41. The Morgan fingerprint density at radius 3 is 2.00 bits per heavy atom. The molecule has 0 aliphatic carbocycles. The Bertz CT molecular complexity index is 692. The van der Waals surface area contributed by atoms with Crippen molar-refractivity contribution in [3.63, 3.8) is 0 Å². The van der Waals surface area contributed by atoms with E-state index in [9.17, 15) is 9.59 Å². The SMILES string of the molecule is NC(CCCCNC(=O)OCc1ccccc1)C(=O)OCc1ccccc1. The highest BCUT2D eigenvalue weighted by Gasteiger charge is 2.14. The zero-order chi connectivity index (χ0) is 19.3. The van der Waals surface area contributed by atoms with Gasteiger partial charge < -0.3 is 20.5 Å². The lowest BCUT2D eigenvalue weighted by Crippen LogP contribution is -2.32. The molecule has 6 nitrogen and oxygen atoms in total. The minimum Gasteiger partial charge on any atom is -0.460 e. The van der Waals surface area contributed by atoms with Crippen molar-refractivity contribution < 1.29 is 19.1 Å². The number of amides is 1. The predicted molar refractivity (Wildman–Crippen MR) is 103 cm³/mol. The summed E-state index contributed by atoms with van der Waals surface area (Å²) >= 11 is 0. The van der Waals surface area contributed by atoms with E-state index in [1.54, 1.807) is 0 Å². The number of esters is 1. The summed E-state index contributed by atoms with van der Waals surface area (Å²) in [6, 6.07) is 18.3. The number of unbranched alkanes of at least 4 members (excludes halogenated alkanes) is 1. The van der Waals surface area contributed by atoms with Gasteiger partial charge in [0.1, 0.15) is 19.3 Å². The smallest absolute Gasteiger partial charge is 0.407 e. The monoisotopic (exact) mass is 370 g/mol. The van der Waals surface area contributed by atoms with Gasteiger partial charge in [-0.2, -0.15) is 0 Å². The van der Waals surface area contributed by atoms with E-state index in [0.29, 0.717) is 25.8 Å². The largest absolute Gasteiger partial charge is 0.460 e. The number of nitrogens with one attached hydrogen (secondary N) is 1. The van der Waals surface area contributed by atoms with Crippen LogP contribution in [0.4, 0.5) is 4.79 Å². The van der Waals surface area contributed by atoms with Gasteiger partial charge in [-0.25, -0.2) is 4.79 Å². The summed E-state index contributed by atoms with van der Waals surface area (Å²) < 4.78 is 10.3. The summed E-state index contributed by atoms with van der Waals surface area (Å²) in [5.41, 5.74) is 7.71. The first-order valence-corrected chi connectivity index (χ1v) is 9.06. The Labute approximate surface area is 159 Å². The van der Waals surface area contributed by atoms with Gasteiger partial charge in [-0.1, -0.05) is 60.7 Å². The van der Waals surface area contributed by atoms with E-state index < -0.39 is 18.1 Å². The molecule has 1 amide bonds. The van der Waals surface area contributed by atoms with Gasteiger partial charge in [0.05, 0.1) is 0 Å². The molecule has 2 aromatic carbocycles. The van der Waals surface area contributed by atoms with Crippen LogP contribution in [-0.4, -0.2) is 24.6 Å². The van der Waals surface area contributed by atoms with Crippen LogP contribution in [0.1, 0.15) is 30.4 Å². The number of rotatable bonds is 10. The topological polar surface area (TPSA) is 90.6 Å². The quantitative estimate of drug-likeness (QED) is 0.495. The molecule has 2 rings (SSSR count). The average Bonchev–Trinajstić information content (AvgIpc) is 2.71. The molecular weight excluding hydrogens is 344 g/mol. The summed E-state index contributed by atoms with van der Waals surface area (Å²) in [6.07, 6.45) is 1.47. The number of benzene rings is 2. The van der Waals surface area contributed by atoms with Crippen LogP contribution in [0.5, 0.6) is 0 Å². The highest BCUT2D eigenvalue weighted by atomic mass is 16.5. The molecule has 0 aromatic heterocycles. The molecule has 0 saturated carbocycles. The Morgan fingerprint density at radius 2 is 1.41 bits per heavy atom. The number of ether oxygens (including phenoxy) is 2. The van der Waals surface area contributed by atoms with Crippen molar-refractivity contribution in [2.24, 2.45) is 5.73 Å². The minimum absolute atomic E-state index is 0.224. The highest BCUT2D eigenvalue weighted by Crippen LogP contribution is 2.05. The van der Waals surface area contributed by atoms with Gasteiger partial charge in [0.25, 0.3) is 0 Å². The Morgan fingerprint density at radius 1 is 0.852 bits per heavy atom. The maximum absolute atomic E-state index is 11.9. The summed E-state index contributed by atoms with van der Waals surface area (Å²) in [7, 11) is 0. The van der Waals surface area contributed by atoms with Crippen LogP contribution >= 0.6 is 0 Å². The van der Waals surface area contributed by atoms with Crippen molar-refractivity contribution in [1.29, 1.82) is 0 Å². The first-order chi connectivity index (χ1) is 13.1. The third kappa shape index (κ3) is 8.37. The van der Waals surface area contributed by atoms with Crippen molar-refractivity contribution in [2.75, 3.05) is 6.54 Å². The second kappa shape index (κ2) is 11.7. The molecule has 0 heterocycles. The first-order valence-electron chi connectivity index (χ1n) is 9.06. The number of carbonyl (C=O) groups is 2. The summed E-state index contributed by atoms with van der Waals surface area (Å²) in [4.78, 5) is 23.5. The van der Waals surface area contributed by atoms with Gasteiger partial charge >= 0.3 is 12.1 Å². The van der Waals surface area contributed by atoms with Crippen LogP contribution in [0.2, 0.25) is 0 Å². The van der Waals surface area contributed by atoms with Crippen molar-refractivity contribution in [1.82, 2.24) is 5.32 Å². The molecular formula is C21H26N2O4. The molecule has 6 heteroatoms. The van der Waals surface area contributed by atoms with Crippen LogP contribution in [0.3, 0.4) is 0 Å². The maximum Gasteiger partial charge on any atom is 0.407 e. The fourth-order valence-electron chi connectivity index (χ4n) is 2.41. The number of nitrogens with two attached hydrogens (primary N) is 1. The van der Waals surface area contributed by atoms with E-state index >= 15 is 0 Å². The third-order valence-corrected chi connectivity index (χ3v) is 3.95. The second-order valence-corrected chi connectivity index (χ2v) is 6.18. The fraction of sp³-hybridized carbons (Fsp3) is 0.333. The Hall–Kier alpha value is -2.86. The molecule has 144 valence electrons. The second-order valence-electron chi connectivity index (χ2n) is 6.18. The van der Waals surface area contributed by atoms with E-state index in [4.69, 9.17) is 15.2 Å². The van der Waals surface area contributed by atoms with Crippen LogP contribution < -0.4 is 11.1 Å². The lowest BCUT2D eigenvalue weighted by atomic mass is 10.1. The molecule has 0 saturated heterocycles. The zero-order valence-corrected chi connectivity index (χ0v) is 15.3. The van der Waals surface area contributed by atoms with E-state index in [0.717, 1.165) is 11.1 Å². The standard InChI is InChI=1S/C21H26N2O4/c22-19(20(24)26-15-17-9-3-1-4-10-17)13-7-8-14-23-21(25)27-16-18-11-5-2-6-12-18/h1-6,9-12,19H,7-8,13-16,22H2,(H,23,25). The number of carbonyl (C=O) groups excluding carboxylic acids is 2. The molecule has 2 aromatic rings. The van der Waals surface area contributed by atoms with Gasteiger partial charge in [-0.05, 0) is 30.4 Å². The predicted octanol–water partition coefficient (Wildman–Crippen LogP) is 3.15. The normalized spacial score (nSPS) is 11.4. The van der Waals surface area contributed by atoms with Gasteiger partial charge in [0, 0.05) is 6.54 Å². The highest BCUT2D eigenvalue weighted by molar-refractivity contribution is 5.75. The van der Waals surface area contributed by atoms with E-state index in [2.05, 4.69) is 5.32 Å². The van der Waals surface area contributed by atoms with Crippen molar-refractivity contribution in [3.8, 4) is 0 Å². The van der Waals surface area contributed by atoms with Crippen LogP contribution in [0, 0.1) is 0 Å². The molecule has 1 atom stereocenters. The molecule has 0 fully saturated rings. The van der Waals surface area contributed by atoms with E-state index in [1.165, 1.54) is 0 Å². The molecule has 3 N–H and O–H groups in total. The zero-order valence-electron chi connectivity index (χ0n) is 15.3.